The highest BCUT2D eigenvalue weighted by Crippen LogP contribution is 2.10. The summed E-state index contributed by atoms with van der Waals surface area (Å²) >= 11 is 0. The average molecular weight is 194 g/mol. The SMILES string of the molecule is CCO/N=C\C(C)c1cc(N)ncn1. The number of nitrogen functional groups attached to an aromatic ring is 1. The number of hydrogen-bond donors (Lipinski definition) is 1. The molecular formula is C9H14N4O. The van der Waals surface area contributed by atoms with Gasteiger partial charge in [0.15, 0.2) is 0 Å². The zero-order valence-corrected chi connectivity index (χ0v) is 8.34. The first kappa shape index (κ1) is 10.4. The van der Waals surface area contributed by atoms with Gasteiger partial charge < -0.3 is 10.6 Å². The summed E-state index contributed by atoms with van der Waals surface area (Å²) in [6, 6.07) is 1.72. The smallest absolute Gasteiger partial charge is 0.127 e. The van der Waals surface area contributed by atoms with Crippen molar-refractivity contribution in [1.29, 1.82) is 0 Å². The monoisotopic (exact) mass is 194 g/mol. The van der Waals surface area contributed by atoms with Gasteiger partial charge in [-0.15, -0.1) is 0 Å². The average Bonchev–Trinajstić information content (AvgIpc) is 2.18. The van der Waals surface area contributed by atoms with Crippen LogP contribution in [0, 0.1) is 0 Å². The van der Waals surface area contributed by atoms with Crippen molar-refractivity contribution in [1.82, 2.24) is 9.97 Å². The molecule has 5 heteroatoms. The maximum Gasteiger partial charge on any atom is 0.127 e. The van der Waals surface area contributed by atoms with Crippen LogP contribution in [0.2, 0.25) is 0 Å². The molecule has 1 unspecified atom stereocenters. The summed E-state index contributed by atoms with van der Waals surface area (Å²) in [6.07, 6.45) is 3.13. The van der Waals surface area contributed by atoms with E-state index in [0.29, 0.717) is 12.4 Å². The second kappa shape index (κ2) is 5.16. The molecule has 0 amide bonds. The maximum atomic E-state index is 5.52. The van der Waals surface area contributed by atoms with Gasteiger partial charge in [-0.1, -0.05) is 12.1 Å². The van der Waals surface area contributed by atoms with Gasteiger partial charge >= 0.3 is 0 Å². The number of aromatic nitrogens is 2. The first-order valence-corrected chi connectivity index (χ1v) is 4.47. The first-order valence-electron chi connectivity index (χ1n) is 4.47. The van der Waals surface area contributed by atoms with Crippen LogP contribution in [0.4, 0.5) is 5.82 Å². The Labute approximate surface area is 83.0 Å². The van der Waals surface area contributed by atoms with Crippen molar-refractivity contribution in [3.8, 4) is 0 Å². The largest absolute Gasteiger partial charge is 0.396 e. The van der Waals surface area contributed by atoms with Crippen LogP contribution < -0.4 is 5.73 Å². The quantitative estimate of drug-likeness (QED) is 0.577. The van der Waals surface area contributed by atoms with Crippen LogP contribution >= 0.6 is 0 Å². The molecule has 1 atom stereocenters. The lowest BCUT2D eigenvalue weighted by Crippen LogP contribution is -2.01. The standard InChI is InChI=1S/C9H14N4O/c1-3-14-13-5-7(2)8-4-9(10)12-6-11-8/h4-7H,3H2,1-2H3,(H2,10,11,12)/b13-5-. The van der Waals surface area contributed by atoms with Gasteiger partial charge in [0, 0.05) is 12.0 Å². The molecule has 0 saturated carbocycles. The van der Waals surface area contributed by atoms with Gasteiger partial charge in [-0.25, -0.2) is 9.97 Å². The van der Waals surface area contributed by atoms with Crippen molar-refractivity contribution in [2.45, 2.75) is 19.8 Å². The molecule has 0 spiro atoms. The Morgan fingerprint density at radius 3 is 3.07 bits per heavy atom. The highest BCUT2D eigenvalue weighted by Gasteiger charge is 2.04. The molecular weight excluding hydrogens is 180 g/mol. The van der Waals surface area contributed by atoms with E-state index in [0.717, 1.165) is 5.69 Å². The lowest BCUT2D eigenvalue weighted by molar-refractivity contribution is 0.159. The predicted octanol–water partition coefficient (Wildman–Crippen LogP) is 1.18. The van der Waals surface area contributed by atoms with Gasteiger partial charge in [0.25, 0.3) is 0 Å². The minimum Gasteiger partial charge on any atom is -0.396 e. The predicted molar refractivity (Wildman–Crippen MR) is 55.0 cm³/mol. The summed E-state index contributed by atoms with van der Waals surface area (Å²) in [5, 5.41) is 3.77. The molecule has 14 heavy (non-hydrogen) atoms. The van der Waals surface area contributed by atoms with E-state index in [1.807, 2.05) is 13.8 Å². The van der Waals surface area contributed by atoms with Crippen LogP contribution in [0.1, 0.15) is 25.5 Å². The maximum absolute atomic E-state index is 5.52. The van der Waals surface area contributed by atoms with Gasteiger partial charge in [0.05, 0.1) is 11.9 Å². The van der Waals surface area contributed by atoms with Crippen LogP contribution in [0.15, 0.2) is 17.5 Å². The molecule has 0 aliphatic heterocycles. The molecule has 0 aliphatic carbocycles. The number of nitrogens with zero attached hydrogens (tertiary/aromatic N) is 3. The number of anilines is 1. The first-order chi connectivity index (χ1) is 6.74. The van der Waals surface area contributed by atoms with E-state index in [1.165, 1.54) is 6.33 Å². The van der Waals surface area contributed by atoms with Crippen LogP contribution in [-0.4, -0.2) is 22.8 Å². The summed E-state index contributed by atoms with van der Waals surface area (Å²) in [5.74, 6) is 0.540. The number of oxime groups is 1. The summed E-state index contributed by atoms with van der Waals surface area (Å²) in [7, 11) is 0. The van der Waals surface area contributed by atoms with Gasteiger partial charge in [-0.2, -0.15) is 0 Å². The summed E-state index contributed by atoms with van der Waals surface area (Å²) in [6.45, 7) is 4.41. The second-order valence-corrected chi connectivity index (χ2v) is 2.83. The van der Waals surface area contributed by atoms with Crippen LogP contribution in [0.25, 0.3) is 0 Å². The normalized spacial score (nSPS) is 13.0. The molecule has 0 radical (unpaired) electrons. The molecule has 1 heterocycles. The summed E-state index contributed by atoms with van der Waals surface area (Å²) in [4.78, 5) is 12.7. The number of nitrogens with two attached hydrogens (primary N) is 1. The van der Waals surface area contributed by atoms with Crippen molar-refractivity contribution in [2.75, 3.05) is 12.3 Å². The van der Waals surface area contributed by atoms with E-state index >= 15 is 0 Å². The molecule has 2 N–H and O–H groups in total. The Kier molecular flexibility index (Phi) is 3.84. The summed E-state index contributed by atoms with van der Waals surface area (Å²) < 4.78 is 0. The Morgan fingerprint density at radius 2 is 2.43 bits per heavy atom. The number of rotatable bonds is 4. The van der Waals surface area contributed by atoms with Crippen LogP contribution in [0.3, 0.4) is 0 Å². The van der Waals surface area contributed by atoms with Crippen LogP contribution in [-0.2, 0) is 4.84 Å². The summed E-state index contributed by atoms with van der Waals surface area (Å²) in [5.41, 5.74) is 6.36. The topological polar surface area (TPSA) is 73.4 Å². The third kappa shape index (κ3) is 3.01. The van der Waals surface area contributed by atoms with Crippen molar-refractivity contribution < 1.29 is 4.84 Å². The zero-order valence-electron chi connectivity index (χ0n) is 8.34. The van der Waals surface area contributed by atoms with Crippen molar-refractivity contribution in [2.24, 2.45) is 5.16 Å². The molecule has 0 aliphatic rings. The Hall–Kier alpha value is -1.65. The molecule has 0 saturated heterocycles. The highest BCUT2D eigenvalue weighted by molar-refractivity contribution is 5.66. The highest BCUT2D eigenvalue weighted by atomic mass is 16.6. The van der Waals surface area contributed by atoms with Crippen molar-refractivity contribution >= 4 is 12.0 Å². The molecule has 0 fully saturated rings. The van der Waals surface area contributed by atoms with Crippen molar-refractivity contribution in [3.63, 3.8) is 0 Å². The van der Waals surface area contributed by atoms with E-state index in [4.69, 9.17) is 10.6 Å². The van der Waals surface area contributed by atoms with E-state index in [2.05, 4.69) is 15.1 Å². The van der Waals surface area contributed by atoms with E-state index in [9.17, 15) is 0 Å². The Morgan fingerprint density at radius 1 is 1.64 bits per heavy atom. The Bertz CT molecular complexity index is 313. The number of hydrogen-bond acceptors (Lipinski definition) is 5. The molecule has 0 bridgehead atoms. The molecule has 1 aromatic rings. The fraction of sp³-hybridized carbons (Fsp3) is 0.444. The Balaban J connectivity index is 2.64. The minimum atomic E-state index is 0.0758. The third-order valence-electron chi connectivity index (χ3n) is 1.66. The second-order valence-electron chi connectivity index (χ2n) is 2.83. The minimum absolute atomic E-state index is 0.0758. The van der Waals surface area contributed by atoms with E-state index < -0.39 is 0 Å². The van der Waals surface area contributed by atoms with E-state index in [-0.39, 0.29) is 5.92 Å². The van der Waals surface area contributed by atoms with E-state index in [1.54, 1.807) is 12.3 Å². The molecule has 1 aromatic heterocycles. The van der Waals surface area contributed by atoms with Gasteiger partial charge in [-0.3, -0.25) is 0 Å². The molecule has 5 nitrogen and oxygen atoms in total. The third-order valence-corrected chi connectivity index (χ3v) is 1.66. The van der Waals surface area contributed by atoms with Gasteiger partial charge in [-0.05, 0) is 6.92 Å². The molecule has 76 valence electrons. The lowest BCUT2D eigenvalue weighted by Gasteiger charge is -2.04. The molecule has 1 rings (SSSR count). The fourth-order valence-corrected chi connectivity index (χ4v) is 0.922. The van der Waals surface area contributed by atoms with Gasteiger partial charge in [0.1, 0.15) is 18.8 Å². The van der Waals surface area contributed by atoms with Gasteiger partial charge in [0.2, 0.25) is 0 Å². The lowest BCUT2D eigenvalue weighted by atomic mass is 10.1. The molecule has 0 aromatic carbocycles. The zero-order chi connectivity index (χ0) is 10.4. The van der Waals surface area contributed by atoms with Crippen LogP contribution in [0.5, 0.6) is 0 Å². The van der Waals surface area contributed by atoms with Crippen molar-refractivity contribution in [3.05, 3.63) is 18.1 Å². The fourth-order valence-electron chi connectivity index (χ4n) is 0.922.